The SMILES string of the molecule is CC(c1ccc(Cl)cc1)N(C(=O)C1CC1C(=O)O)C1CC1. The molecule has 1 N–H and O–H groups in total. The molecule has 0 saturated heterocycles. The van der Waals surface area contributed by atoms with E-state index in [1.54, 1.807) is 0 Å². The molecule has 4 nitrogen and oxygen atoms in total. The number of carboxylic acid groups (broad SMARTS) is 1. The number of hydrogen-bond donors (Lipinski definition) is 1. The van der Waals surface area contributed by atoms with Crippen molar-refractivity contribution in [3.05, 3.63) is 34.9 Å². The van der Waals surface area contributed by atoms with Crippen LogP contribution in [0.3, 0.4) is 0 Å². The highest BCUT2D eigenvalue weighted by Crippen LogP contribution is 2.44. The molecule has 0 heterocycles. The van der Waals surface area contributed by atoms with Crippen molar-refractivity contribution in [3.8, 4) is 0 Å². The fraction of sp³-hybridized carbons (Fsp3) is 0.500. The van der Waals surface area contributed by atoms with Crippen LogP contribution < -0.4 is 0 Å². The summed E-state index contributed by atoms with van der Waals surface area (Å²) < 4.78 is 0. The molecule has 5 heteroatoms. The van der Waals surface area contributed by atoms with Gasteiger partial charge in [0, 0.05) is 11.1 Å². The number of benzene rings is 1. The molecular weight excluding hydrogens is 290 g/mol. The Morgan fingerprint density at radius 3 is 2.33 bits per heavy atom. The van der Waals surface area contributed by atoms with Crippen molar-refractivity contribution in [3.63, 3.8) is 0 Å². The second kappa shape index (κ2) is 5.34. The monoisotopic (exact) mass is 307 g/mol. The molecule has 1 aromatic rings. The van der Waals surface area contributed by atoms with Gasteiger partial charge in [-0.3, -0.25) is 9.59 Å². The van der Waals surface area contributed by atoms with E-state index in [0.29, 0.717) is 11.4 Å². The van der Waals surface area contributed by atoms with Crippen LogP contribution >= 0.6 is 11.6 Å². The third kappa shape index (κ3) is 2.91. The van der Waals surface area contributed by atoms with Crippen LogP contribution in [0.4, 0.5) is 0 Å². The minimum absolute atomic E-state index is 0.00708. The zero-order valence-corrected chi connectivity index (χ0v) is 12.6. The molecule has 0 aromatic heterocycles. The average molecular weight is 308 g/mol. The first-order valence-corrected chi connectivity index (χ1v) is 7.67. The summed E-state index contributed by atoms with van der Waals surface area (Å²) in [6.07, 6.45) is 2.49. The number of carboxylic acids is 1. The van der Waals surface area contributed by atoms with Crippen LogP contribution in [0.5, 0.6) is 0 Å². The van der Waals surface area contributed by atoms with E-state index in [-0.39, 0.29) is 23.9 Å². The summed E-state index contributed by atoms with van der Waals surface area (Å²) in [6.45, 7) is 2.00. The van der Waals surface area contributed by atoms with Crippen LogP contribution in [0.25, 0.3) is 0 Å². The largest absolute Gasteiger partial charge is 0.481 e. The highest BCUT2D eigenvalue weighted by atomic mass is 35.5. The fourth-order valence-corrected chi connectivity index (χ4v) is 3.00. The molecule has 0 spiro atoms. The van der Waals surface area contributed by atoms with Crippen LogP contribution in [-0.4, -0.2) is 27.9 Å². The van der Waals surface area contributed by atoms with Gasteiger partial charge in [0.1, 0.15) is 0 Å². The van der Waals surface area contributed by atoms with Crippen LogP contribution in [-0.2, 0) is 9.59 Å². The molecule has 3 atom stereocenters. The van der Waals surface area contributed by atoms with Crippen LogP contribution in [0.15, 0.2) is 24.3 Å². The zero-order chi connectivity index (χ0) is 15.1. The Morgan fingerprint density at radius 1 is 1.24 bits per heavy atom. The number of hydrogen-bond acceptors (Lipinski definition) is 2. The molecule has 2 saturated carbocycles. The van der Waals surface area contributed by atoms with E-state index in [4.69, 9.17) is 16.7 Å². The zero-order valence-electron chi connectivity index (χ0n) is 11.8. The predicted molar refractivity (Wildman–Crippen MR) is 79.0 cm³/mol. The molecule has 112 valence electrons. The molecule has 21 heavy (non-hydrogen) atoms. The summed E-state index contributed by atoms with van der Waals surface area (Å²) in [7, 11) is 0. The van der Waals surface area contributed by atoms with E-state index in [1.165, 1.54) is 0 Å². The topological polar surface area (TPSA) is 57.6 Å². The lowest BCUT2D eigenvalue weighted by Gasteiger charge is -2.30. The van der Waals surface area contributed by atoms with E-state index in [9.17, 15) is 9.59 Å². The number of aliphatic carboxylic acids is 1. The van der Waals surface area contributed by atoms with Gasteiger partial charge < -0.3 is 10.0 Å². The summed E-state index contributed by atoms with van der Waals surface area (Å²) in [6, 6.07) is 7.71. The maximum absolute atomic E-state index is 12.6. The molecule has 2 aliphatic rings. The van der Waals surface area contributed by atoms with E-state index in [1.807, 2.05) is 36.1 Å². The Hall–Kier alpha value is -1.55. The van der Waals surface area contributed by atoms with Gasteiger partial charge in [-0.15, -0.1) is 0 Å². The molecule has 0 radical (unpaired) electrons. The first-order valence-electron chi connectivity index (χ1n) is 7.29. The minimum atomic E-state index is -0.858. The quantitative estimate of drug-likeness (QED) is 0.909. The Labute approximate surface area is 128 Å². The van der Waals surface area contributed by atoms with Crippen molar-refractivity contribution in [2.45, 2.75) is 38.3 Å². The van der Waals surface area contributed by atoms with Gasteiger partial charge in [-0.25, -0.2) is 0 Å². The van der Waals surface area contributed by atoms with Crippen LogP contribution in [0.2, 0.25) is 5.02 Å². The van der Waals surface area contributed by atoms with Crippen molar-refractivity contribution in [2.75, 3.05) is 0 Å². The van der Waals surface area contributed by atoms with Crippen molar-refractivity contribution in [2.24, 2.45) is 11.8 Å². The Morgan fingerprint density at radius 2 is 1.86 bits per heavy atom. The first-order chi connectivity index (χ1) is 9.99. The molecule has 3 unspecified atom stereocenters. The van der Waals surface area contributed by atoms with Gasteiger partial charge in [-0.1, -0.05) is 23.7 Å². The van der Waals surface area contributed by atoms with Crippen molar-refractivity contribution >= 4 is 23.5 Å². The second-order valence-electron chi connectivity index (χ2n) is 5.99. The number of carbonyl (C=O) groups excluding carboxylic acids is 1. The molecule has 2 fully saturated rings. The Balaban J connectivity index is 1.77. The number of rotatable bonds is 5. The molecule has 0 bridgehead atoms. The summed E-state index contributed by atoms with van der Waals surface area (Å²) in [4.78, 5) is 25.5. The number of nitrogens with zero attached hydrogens (tertiary/aromatic N) is 1. The van der Waals surface area contributed by atoms with Gasteiger partial charge in [-0.2, -0.15) is 0 Å². The number of halogens is 1. The molecule has 1 aromatic carbocycles. The lowest BCUT2D eigenvalue weighted by Crippen LogP contribution is -2.37. The summed E-state index contributed by atoms with van der Waals surface area (Å²) in [5, 5.41) is 9.68. The lowest BCUT2D eigenvalue weighted by atomic mass is 10.1. The van der Waals surface area contributed by atoms with E-state index in [0.717, 1.165) is 18.4 Å². The third-order valence-corrected chi connectivity index (χ3v) is 4.64. The first kappa shape index (κ1) is 14.4. The van der Waals surface area contributed by atoms with Crippen LogP contribution in [0.1, 0.15) is 37.8 Å². The fourth-order valence-electron chi connectivity index (χ4n) is 2.87. The average Bonchev–Trinajstić information content (AvgIpc) is 3.32. The highest BCUT2D eigenvalue weighted by molar-refractivity contribution is 6.30. The van der Waals surface area contributed by atoms with Crippen LogP contribution in [0, 0.1) is 11.8 Å². The summed E-state index contributed by atoms with van der Waals surface area (Å²) in [5.74, 6) is -1.69. The molecule has 1 amide bonds. The number of amides is 1. The molecule has 2 aliphatic carbocycles. The van der Waals surface area contributed by atoms with Gasteiger partial charge in [0.25, 0.3) is 0 Å². The minimum Gasteiger partial charge on any atom is -0.481 e. The smallest absolute Gasteiger partial charge is 0.307 e. The van der Waals surface area contributed by atoms with Gasteiger partial charge in [0.15, 0.2) is 0 Å². The summed E-state index contributed by atoms with van der Waals surface area (Å²) in [5.41, 5.74) is 1.03. The van der Waals surface area contributed by atoms with E-state index < -0.39 is 11.9 Å². The third-order valence-electron chi connectivity index (χ3n) is 4.39. The predicted octanol–water partition coefficient (Wildman–Crippen LogP) is 3.11. The second-order valence-corrected chi connectivity index (χ2v) is 6.43. The van der Waals surface area contributed by atoms with Crippen molar-refractivity contribution in [1.82, 2.24) is 4.90 Å². The lowest BCUT2D eigenvalue weighted by molar-refractivity contribution is -0.143. The Kier molecular flexibility index (Phi) is 3.66. The van der Waals surface area contributed by atoms with Crippen molar-refractivity contribution in [1.29, 1.82) is 0 Å². The van der Waals surface area contributed by atoms with Gasteiger partial charge >= 0.3 is 5.97 Å². The maximum atomic E-state index is 12.6. The normalized spacial score (nSPS) is 25.2. The molecule has 0 aliphatic heterocycles. The maximum Gasteiger partial charge on any atom is 0.307 e. The van der Waals surface area contributed by atoms with Gasteiger partial charge in [0.2, 0.25) is 5.91 Å². The standard InChI is InChI=1S/C16H18ClNO3/c1-9(10-2-4-11(17)5-3-10)18(12-6-7-12)15(19)13-8-14(13)16(20)21/h2-5,9,12-14H,6-8H2,1H3,(H,20,21). The van der Waals surface area contributed by atoms with Gasteiger partial charge in [0.05, 0.1) is 17.9 Å². The van der Waals surface area contributed by atoms with Gasteiger partial charge in [-0.05, 0) is 43.9 Å². The summed E-state index contributed by atoms with van der Waals surface area (Å²) >= 11 is 5.90. The Bertz CT molecular complexity index is 567. The molecule has 3 rings (SSSR count). The van der Waals surface area contributed by atoms with E-state index in [2.05, 4.69) is 0 Å². The highest BCUT2D eigenvalue weighted by Gasteiger charge is 2.52. The molecular formula is C16H18ClNO3. The van der Waals surface area contributed by atoms with Crippen molar-refractivity contribution < 1.29 is 14.7 Å². The van der Waals surface area contributed by atoms with E-state index >= 15 is 0 Å². The number of carbonyl (C=O) groups is 2.